The number of hydrogen-bond donors (Lipinski definition) is 3. The number of benzene rings is 3. The van der Waals surface area contributed by atoms with Crippen LogP contribution < -0.4 is 25.4 Å². The van der Waals surface area contributed by atoms with E-state index in [1.807, 2.05) is 31.2 Å². The van der Waals surface area contributed by atoms with Gasteiger partial charge in [0.25, 0.3) is 5.91 Å². The number of methoxy groups -OCH3 is 2. The van der Waals surface area contributed by atoms with Crippen LogP contribution in [0.15, 0.2) is 60.7 Å². The van der Waals surface area contributed by atoms with Crippen molar-refractivity contribution in [1.82, 2.24) is 9.97 Å². The van der Waals surface area contributed by atoms with Crippen molar-refractivity contribution < 1.29 is 27.4 Å². The lowest BCUT2D eigenvalue weighted by molar-refractivity contribution is 0.102. The highest BCUT2D eigenvalue weighted by Gasteiger charge is 2.23. The number of amides is 1. The topological polar surface area (TPSA) is 97.4 Å². The number of ether oxygens (including phenoxy) is 2. The second kappa shape index (κ2) is 10.9. The highest BCUT2D eigenvalue weighted by Crippen LogP contribution is 2.28. The van der Waals surface area contributed by atoms with Gasteiger partial charge in [-0.3, -0.25) is 4.79 Å². The molecule has 0 radical (unpaired) electrons. The fourth-order valence-corrected chi connectivity index (χ4v) is 3.40. The van der Waals surface area contributed by atoms with E-state index < -0.39 is 34.7 Å². The van der Waals surface area contributed by atoms with Crippen molar-refractivity contribution in [2.75, 3.05) is 30.2 Å². The van der Waals surface area contributed by atoms with Crippen LogP contribution in [0.5, 0.6) is 11.5 Å². The first-order valence-corrected chi connectivity index (χ1v) is 10.9. The summed E-state index contributed by atoms with van der Waals surface area (Å²) in [6, 6.07) is 16.0. The van der Waals surface area contributed by atoms with Gasteiger partial charge in [0, 0.05) is 28.8 Å². The van der Waals surface area contributed by atoms with Crippen LogP contribution in [0.1, 0.15) is 16.1 Å². The summed E-state index contributed by atoms with van der Waals surface area (Å²) in [6.45, 7) is 1.83. The first kappa shape index (κ1) is 25.3. The molecule has 190 valence electrons. The number of halogens is 3. The summed E-state index contributed by atoms with van der Waals surface area (Å²) in [5.41, 5.74) is 1.76. The second-order valence-corrected chi connectivity index (χ2v) is 7.80. The number of hydrogen-bond acceptors (Lipinski definition) is 7. The Bertz CT molecular complexity index is 1430. The summed E-state index contributed by atoms with van der Waals surface area (Å²) in [5.74, 6) is -4.49. The number of anilines is 5. The average molecular weight is 509 g/mol. The fraction of sp³-hybridized carbons (Fsp3) is 0.115. The van der Waals surface area contributed by atoms with Gasteiger partial charge in [0.2, 0.25) is 11.8 Å². The number of aryl methyl sites for hydroxylation is 1. The summed E-state index contributed by atoms with van der Waals surface area (Å²) in [7, 11) is 2.57. The van der Waals surface area contributed by atoms with E-state index in [4.69, 9.17) is 4.74 Å². The molecule has 0 bridgehead atoms. The summed E-state index contributed by atoms with van der Waals surface area (Å²) >= 11 is 0. The Labute approximate surface area is 210 Å². The Morgan fingerprint density at radius 2 is 1.41 bits per heavy atom. The summed E-state index contributed by atoms with van der Waals surface area (Å²) < 4.78 is 51.5. The maximum atomic E-state index is 14.4. The zero-order valence-corrected chi connectivity index (χ0v) is 20.0. The number of rotatable bonds is 8. The second-order valence-electron chi connectivity index (χ2n) is 7.80. The number of carbonyl (C=O) groups is 1. The molecular formula is C26H22F3N5O3. The molecule has 0 aliphatic heterocycles. The van der Waals surface area contributed by atoms with E-state index in [1.54, 1.807) is 37.4 Å². The predicted octanol–water partition coefficient (Wildman–Crippen LogP) is 5.96. The maximum absolute atomic E-state index is 14.4. The monoisotopic (exact) mass is 509 g/mol. The number of aromatic nitrogens is 2. The van der Waals surface area contributed by atoms with Crippen molar-refractivity contribution in [3.63, 3.8) is 0 Å². The molecule has 8 nitrogen and oxygen atoms in total. The number of nitrogens with one attached hydrogen (secondary N) is 3. The molecular weight excluding hydrogens is 487 g/mol. The van der Waals surface area contributed by atoms with Crippen LogP contribution in [-0.2, 0) is 0 Å². The molecule has 4 rings (SSSR count). The van der Waals surface area contributed by atoms with E-state index in [0.29, 0.717) is 29.2 Å². The Morgan fingerprint density at radius 1 is 0.784 bits per heavy atom. The van der Waals surface area contributed by atoms with Crippen LogP contribution in [0.2, 0.25) is 0 Å². The lowest BCUT2D eigenvalue weighted by Gasteiger charge is -2.12. The SMILES string of the molecule is COc1ccc(Nc2cc(C)nc(Nc3ccc(NC(=O)c4cc(F)c(F)c(OC)c4F)cc3)n2)cc1. The minimum atomic E-state index is -1.51. The lowest BCUT2D eigenvalue weighted by Crippen LogP contribution is -2.15. The highest BCUT2D eigenvalue weighted by molar-refractivity contribution is 6.04. The molecule has 11 heteroatoms. The van der Waals surface area contributed by atoms with E-state index in [1.165, 1.54) is 0 Å². The molecule has 0 spiro atoms. The first-order valence-electron chi connectivity index (χ1n) is 10.9. The third-order valence-electron chi connectivity index (χ3n) is 5.18. The molecule has 0 saturated carbocycles. The zero-order chi connectivity index (χ0) is 26.5. The molecule has 0 saturated heterocycles. The minimum Gasteiger partial charge on any atom is -0.497 e. The lowest BCUT2D eigenvalue weighted by atomic mass is 10.1. The van der Waals surface area contributed by atoms with Gasteiger partial charge in [-0.25, -0.2) is 13.8 Å². The van der Waals surface area contributed by atoms with Crippen LogP contribution in [0.25, 0.3) is 0 Å². The smallest absolute Gasteiger partial charge is 0.258 e. The van der Waals surface area contributed by atoms with Gasteiger partial charge in [0.05, 0.1) is 19.8 Å². The Kier molecular flexibility index (Phi) is 7.42. The van der Waals surface area contributed by atoms with Gasteiger partial charge in [-0.1, -0.05) is 0 Å². The first-order chi connectivity index (χ1) is 17.8. The molecule has 0 aliphatic rings. The molecule has 4 aromatic rings. The van der Waals surface area contributed by atoms with Gasteiger partial charge in [0.15, 0.2) is 17.4 Å². The fourth-order valence-electron chi connectivity index (χ4n) is 3.40. The molecule has 0 aliphatic carbocycles. The molecule has 3 aromatic carbocycles. The normalized spacial score (nSPS) is 10.5. The highest BCUT2D eigenvalue weighted by atomic mass is 19.2. The predicted molar refractivity (Wildman–Crippen MR) is 134 cm³/mol. The largest absolute Gasteiger partial charge is 0.497 e. The van der Waals surface area contributed by atoms with E-state index in [2.05, 4.69) is 30.7 Å². The van der Waals surface area contributed by atoms with E-state index in [-0.39, 0.29) is 0 Å². The standard InChI is InChI=1S/C26H22F3N5O3/c1-14-12-21(31-15-8-10-18(36-2)11-9-15)34-26(30-14)33-17-6-4-16(5-7-17)32-25(35)19-13-20(27)23(29)24(37-3)22(19)28/h4-13H,1-3H3,(H,32,35)(H2,30,31,33,34). The average Bonchev–Trinajstić information content (AvgIpc) is 2.88. The van der Waals surface area contributed by atoms with Crippen molar-refractivity contribution in [1.29, 1.82) is 0 Å². The summed E-state index contributed by atoms with van der Waals surface area (Å²) in [5, 5.41) is 8.72. The van der Waals surface area contributed by atoms with Gasteiger partial charge >= 0.3 is 0 Å². The van der Waals surface area contributed by atoms with Crippen LogP contribution in [0.3, 0.4) is 0 Å². The summed E-state index contributed by atoms with van der Waals surface area (Å²) in [4.78, 5) is 21.3. The molecule has 0 unspecified atom stereocenters. The third kappa shape index (κ3) is 5.89. The Hall–Kier alpha value is -4.80. The molecule has 0 atom stereocenters. The molecule has 37 heavy (non-hydrogen) atoms. The molecule has 3 N–H and O–H groups in total. The Morgan fingerprint density at radius 3 is 2.05 bits per heavy atom. The van der Waals surface area contributed by atoms with Gasteiger partial charge < -0.3 is 25.4 Å². The van der Waals surface area contributed by atoms with Gasteiger partial charge in [-0.05, 0) is 61.5 Å². The molecule has 1 aromatic heterocycles. The van der Waals surface area contributed by atoms with Crippen molar-refractivity contribution in [3.8, 4) is 11.5 Å². The van der Waals surface area contributed by atoms with E-state index >= 15 is 0 Å². The molecule has 1 amide bonds. The maximum Gasteiger partial charge on any atom is 0.258 e. The van der Waals surface area contributed by atoms with Gasteiger partial charge in [0.1, 0.15) is 11.6 Å². The van der Waals surface area contributed by atoms with Crippen molar-refractivity contribution in [2.45, 2.75) is 6.92 Å². The van der Waals surface area contributed by atoms with E-state index in [9.17, 15) is 18.0 Å². The molecule has 1 heterocycles. The van der Waals surface area contributed by atoms with Crippen LogP contribution >= 0.6 is 0 Å². The quantitative estimate of drug-likeness (QED) is 0.252. The number of nitrogens with zero attached hydrogens (tertiary/aromatic N) is 2. The van der Waals surface area contributed by atoms with Gasteiger partial charge in [-0.2, -0.15) is 9.37 Å². The molecule has 0 fully saturated rings. The minimum absolute atomic E-state index is 0.297. The van der Waals surface area contributed by atoms with Crippen molar-refractivity contribution >= 4 is 34.7 Å². The van der Waals surface area contributed by atoms with Crippen molar-refractivity contribution in [3.05, 3.63) is 89.4 Å². The van der Waals surface area contributed by atoms with Crippen LogP contribution in [0.4, 0.5) is 42.0 Å². The zero-order valence-electron chi connectivity index (χ0n) is 20.0. The van der Waals surface area contributed by atoms with E-state index in [0.717, 1.165) is 24.2 Å². The van der Waals surface area contributed by atoms with Crippen LogP contribution in [0, 0.1) is 24.4 Å². The van der Waals surface area contributed by atoms with Gasteiger partial charge in [-0.15, -0.1) is 0 Å². The van der Waals surface area contributed by atoms with Crippen molar-refractivity contribution in [2.24, 2.45) is 0 Å². The number of carbonyl (C=O) groups excluding carboxylic acids is 1. The summed E-state index contributed by atoms with van der Waals surface area (Å²) in [6.07, 6.45) is 0. The van der Waals surface area contributed by atoms with Crippen LogP contribution in [-0.4, -0.2) is 30.1 Å². The Balaban J connectivity index is 1.45. The third-order valence-corrected chi connectivity index (χ3v) is 5.18.